The van der Waals surface area contributed by atoms with E-state index < -0.39 is 6.36 Å². The Morgan fingerprint density at radius 2 is 1.59 bits per heavy atom. The van der Waals surface area contributed by atoms with Gasteiger partial charge in [-0.25, -0.2) is 0 Å². The molecule has 1 atom stereocenters. The third kappa shape index (κ3) is 4.12. The molecule has 0 radical (unpaired) electrons. The molecule has 0 spiro atoms. The van der Waals surface area contributed by atoms with Gasteiger partial charge >= 0.3 is 6.36 Å². The van der Waals surface area contributed by atoms with E-state index in [0.717, 1.165) is 37.3 Å². The van der Waals surface area contributed by atoms with Crippen LogP contribution in [0.2, 0.25) is 0 Å². The molecule has 0 amide bonds. The van der Waals surface area contributed by atoms with Crippen LogP contribution in [0.5, 0.6) is 17.2 Å². The Hall–Kier alpha value is -2.45. The van der Waals surface area contributed by atoms with Crippen LogP contribution in [0.4, 0.5) is 13.2 Å². The number of nitrogens with one attached hydrogen (secondary N) is 1. The highest BCUT2D eigenvalue weighted by molar-refractivity contribution is 5.47. The normalized spacial score (nSPS) is 18.3. The van der Waals surface area contributed by atoms with Crippen molar-refractivity contribution in [2.24, 2.45) is 0 Å². The molecule has 2 aromatic carbocycles. The smallest absolute Gasteiger partial charge is 0.454 e. The van der Waals surface area contributed by atoms with Crippen LogP contribution in [0.25, 0.3) is 0 Å². The number of benzene rings is 2. The van der Waals surface area contributed by atoms with Gasteiger partial charge in [0.15, 0.2) is 11.5 Å². The molecule has 27 heavy (non-hydrogen) atoms. The predicted octanol–water partition coefficient (Wildman–Crippen LogP) is 3.31. The van der Waals surface area contributed by atoms with Crippen molar-refractivity contribution in [3.63, 3.8) is 0 Å². The summed E-state index contributed by atoms with van der Waals surface area (Å²) in [6.07, 6.45) is -4.70. The summed E-state index contributed by atoms with van der Waals surface area (Å²) < 4.78 is 52.1. The largest absolute Gasteiger partial charge is 0.573 e. The van der Waals surface area contributed by atoms with Crippen LogP contribution in [-0.2, 0) is 0 Å². The zero-order chi connectivity index (χ0) is 18.9. The number of halogens is 3. The van der Waals surface area contributed by atoms with Crippen molar-refractivity contribution >= 4 is 0 Å². The molecular formula is C19H19F3N2O3. The topological polar surface area (TPSA) is 43.0 Å². The molecule has 1 saturated heterocycles. The third-order valence-electron chi connectivity index (χ3n) is 4.66. The predicted molar refractivity (Wildman–Crippen MR) is 92.0 cm³/mol. The summed E-state index contributed by atoms with van der Waals surface area (Å²) in [6, 6.07) is 11.7. The van der Waals surface area contributed by atoms with Crippen molar-refractivity contribution in [1.82, 2.24) is 10.2 Å². The molecule has 1 N–H and O–H groups in total. The summed E-state index contributed by atoms with van der Waals surface area (Å²) >= 11 is 0. The van der Waals surface area contributed by atoms with E-state index in [-0.39, 0.29) is 18.6 Å². The molecule has 0 aromatic heterocycles. The first-order valence-electron chi connectivity index (χ1n) is 8.70. The molecule has 0 aliphatic carbocycles. The van der Waals surface area contributed by atoms with Crippen LogP contribution in [0.1, 0.15) is 17.2 Å². The number of fused-ring (bicyclic) bond motifs is 1. The molecule has 0 unspecified atom stereocenters. The molecule has 144 valence electrons. The molecule has 5 nitrogen and oxygen atoms in total. The van der Waals surface area contributed by atoms with Gasteiger partial charge in [0.1, 0.15) is 5.75 Å². The molecule has 2 heterocycles. The molecule has 8 heteroatoms. The van der Waals surface area contributed by atoms with Crippen LogP contribution >= 0.6 is 0 Å². The highest BCUT2D eigenvalue weighted by Gasteiger charge is 2.31. The first kappa shape index (κ1) is 17.9. The minimum atomic E-state index is -4.70. The van der Waals surface area contributed by atoms with E-state index in [1.165, 1.54) is 12.1 Å². The summed E-state index contributed by atoms with van der Waals surface area (Å²) in [4.78, 5) is 2.30. The Morgan fingerprint density at radius 1 is 0.926 bits per heavy atom. The van der Waals surface area contributed by atoms with Crippen molar-refractivity contribution < 1.29 is 27.4 Å². The second-order valence-corrected chi connectivity index (χ2v) is 6.42. The van der Waals surface area contributed by atoms with Gasteiger partial charge in [0.25, 0.3) is 0 Å². The molecular weight excluding hydrogens is 361 g/mol. The maximum absolute atomic E-state index is 12.4. The van der Waals surface area contributed by atoms with E-state index in [1.54, 1.807) is 12.1 Å². The number of alkyl halides is 3. The fourth-order valence-corrected chi connectivity index (χ4v) is 3.49. The van der Waals surface area contributed by atoms with Gasteiger partial charge in [0, 0.05) is 26.2 Å². The van der Waals surface area contributed by atoms with Crippen molar-refractivity contribution in [1.29, 1.82) is 0 Å². The van der Waals surface area contributed by atoms with Gasteiger partial charge in [-0.2, -0.15) is 0 Å². The SMILES string of the molecule is FC(F)(F)Oc1ccc([C@@H](c2ccc3c(c2)OCO3)N2CCNCC2)cc1. The maximum Gasteiger partial charge on any atom is 0.573 e. The first-order chi connectivity index (χ1) is 13.0. The van der Waals surface area contributed by atoms with E-state index in [4.69, 9.17) is 9.47 Å². The van der Waals surface area contributed by atoms with Crippen molar-refractivity contribution in [2.45, 2.75) is 12.4 Å². The van der Waals surface area contributed by atoms with Gasteiger partial charge in [0.2, 0.25) is 6.79 Å². The molecule has 0 saturated carbocycles. The lowest BCUT2D eigenvalue weighted by atomic mass is 9.96. The average Bonchev–Trinajstić information content (AvgIpc) is 3.11. The maximum atomic E-state index is 12.4. The number of ether oxygens (including phenoxy) is 3. The summed E-state index contributed by atoms with van der Waals surface area (Å²) in [7, 11) is 0. The Labute approximate surface area is 154 Å². The van der Waals surface area contributed by atoms with E-state index in [9.17, 15) is 13.2 Å². The fourth-order valence-electron chi connectivity index (χ4n) is 3.49. The van der Waals surface area contributed by atoms with Gasteiger partial charge in [-0.05, 0) is 35.4 Å². The quantitative estimate of drug-likeness (QED) is 0.882. The molecule has 2 aromatic rings. The zero-order valence-electron chi connectivity index (χ0n) is 14.5. The minimum Gasteiger partial charge on any atom is -0.454 e. The van der Waals surface area contributed by atoms with Gasteiger partial charge in [-0.1, -0.05) is 18.2 Å². The van der Waals surface area contributed by atoms with Crippen LogP contribution in [-0.4, -0.2) is 44.2 Å². The van der Waals surface area contributed by atoms with E-state index in [2.05, 4.69) is 15.0 Å². The number of nitrogens with zero attached hydrogens (tertiary/aromatic N) is 1. The summed E-state index contributed by atoms with van der Waals surface area (Å²) in [6.45, 7) is 3.58. The van der Waals surface area contributed by atoms with E-state index in [0.29, 0.717) is 11.5 Å². The first-order valence-corrected chi connectivity index (χ1v) is 8.70. The number of hydrogen-bond acceptors (Lipinski definition) is 5. The second kappa shape index (κ2) is 7.28. The van der Waals surface area contributed by atoms with Gasteiger partial charge in [-0.15, -0.1) is 13.2 Å². The summed E-state index contributed by atoms with van der Waals surface area (Å²) in [5, 5.41) is 3.32. The highest BCUT2D eigenvalue weighted by atomic mass is 19.4. The van der Waals surface area contributed by atoms with Crippen molar-refractivity contribution in [3.05, 3.63) is 53.6 Å². The van der Waals surface area contributed by atoms with Crippen molar-refractivity contribution in [2.75, 3.05) is 33.0 Å². The third-order valence-corrected chi connectivity index (χ3v) is 4.66. The van der Waals surface area contributed by atoms with Crippen LogP contribution in [0.3, 0.4) is 0 Å². The highest BCUT2D eigenvalue weighted by Crippen LogP contribution is 2.38. The van der Waals surface area contributed by atoms with Crippen LogP contribution in [0, 0.1) is 0 Å². The monoisotopic (exact) mass is 380 g/mol. The molecule has 1 fully saturated rings. The zero-order valence-corrected chi connectivity index (χ0v) is 14.5. The van der Waals surface area contributed by atoms with Gasteiger partial charge < -0.3 is 19.5 Å². The molecule has 2 aliphatic heterocycles. The van der Waals surface area contributed by atoms with Gasteiger partial charge in [0.05, 0.1) is 6.04 Å². The summed E-state index contributed by atoms with van der Waals surface area (Å²) in [5.41, 5.74) is 1.90. The Kier molecular flexibility index (Phi) is 4.84. The van der Waals surface area contributed by atoms with E-state index >= 15 is 0 Å². The lowest BCUT2D eigenvalue weighted by Gasteiger charge is -2.35. The van der Waals surface area contributed by atoms with Crippen LogP contribution < -0.4 is 19.5 Å². The standard InChI is InChI=1S/C19H19F3N2O3/c20-19(21,22)27-15-4-1-13(2-5-15)18(24-9-7-23-8-10-24)14-3-6-16-17(11-14)26-12-25-16/h1-6,11,18,23H,7-10,12H2/t18-/m0/s1. The molecule has 4 rings (SSSR count). The number of piperazine rings is 1. The van der Waals surface area contributed by atoms with Crippen molar-refractivity contribution in [3.8, 4) is 17.2 Å². The lowest BCUT2D eigenvalue weighted by molar-refractivity contribution is -0.274. The average molecular weight is 380 g/mol. The Bertz CT molecular complexity index is 790. The number of hydrogen-bond donors (Lipinski definition) is 1. The number of rotatable bonds is 4. The summed E-state index contributed by atoms with van der Waals surface area (Å²) in [5.74, 6) is 1.16. The Balaban J connectivity index is 1.65. The molecule has 0 bridgehead atoms. The molecule has 2 aliphatic rings. The lowest BCUT2D eigenvalue weighted by Crippen LogP contribution is -2.45. The fraction of sp³-hybridized carbons (Fsp3) is 0.368. The second-order valence-electron chi connectivity index (χ2n) is 6.42. The van der Waals surface area contributed by atoms with Crippen LogP contribution in [0.15, 0.2) is 42.5 Å². The minimum absolute atomic E-state index is 0.0958. The van der Waals surface area contributed by atoms with Gasteiger partial charge in [-0.3, -0.25) is 4.90 Å². The van der Waals surface area contributed by atoms with E-state index in [1.807, 2.05) is 18.2 Å². The Morgan fingerprint density at radius 3 is 2.30 bits per heavy atom.